The summed E-state index contributed by atoms with van der Waals surface area (Å²) < 4.78 is 17.9. The van der Waals surface area contributed by atoms with Gasteiger partial charge in [-0.25, -0.2) is 0 Å². The zero-order valence-electron chi connectivity index (χ0n) is 18.6. The fourth-order valence-electron chi connectivity index (χ4n) is 4.73. The van der Waals surface area contributed by atoms with E-state index >= 15 is 0 Å². The van der Waals surface area contributed by atoms with Crippen LogP contribution in [0.5, 0.6) is 11.5 Å². The Morgan fingerprint density at radius 2 is 1.59 bits per heavy atom. The van der Waals surface area contributed by atoms with Gasteiger partial charge in [-0.3, -0.25) is 0 Å². The van der Waals surface area contributed by atoms with Gasteiger partial charge < -0.3 is 19.1 Å². The second kappa shape index (κ2) is 9.60. The molecule has 4 nitrogen and oxygen atoms in total. The Balaban J connectivity index is 1.64. The molecule has 32 heavy (non-hydrogen) atoms. The smallest absolute Gasteiger partial charge is 0.140 e. The number of fused-ring (bicyclic) bond motifs is 1. The highest BCUT2D eigenvalue weighted by molar-refractivity contribution is 5.72. The highest BCUT2D eigenvalue weighted by Crippen LogP contribution is 2.45. The molecule has 1 atom stereocenters. The standard InChI is InChI=1S/C28H29NO3/c1-2-31-23-14-12-22(13-15-23)28-25(20-29-16-18-30-19-17-29)27(21-8-4-3-5-9-21)24-10-6-7-11-26(24)32-28/h3-15,27H,2,16-20H2,1H3/p+1/t27-/m0/s1. The second-order valence-electron chi connectivity index (χ2n) is 8.33. The Morgan fingerprint density at radius 1 is 0.875 bits per heavy atom. The topological polar surface area (TPSA) is 32.1 Å². The molecule has 0 aromatic heterocycles. The van der Waals surface area contributed by atoms with Crippen LogP contribution in [0.3, 0.4) is 0 Å². The molecule has 0 amide bonds. The Morgan fingerprint density at radius 3 is 2.34 bits per heavy atom. The third kappa shape index (κ3) is 4.29. The lowest BCUT2D eigenvalue weighted by Gasteiger charge is -2.34. The molecule has 1 saturated heterocycles. The molecule has 1 N–H and O–H groups in total. The van der Waals surface area contributed by atoms with Crippen LogP contribution in [0.4, 0.5) is 0 Å². The van der Waals surface area contributed by atoms with E-state index in [0.29, 0.717) is 6.61 Å². The maximum Gasteiger partial charge on any atom is 0.140 e. The maximum atomic E-state index is 6.62. The summed E-state index contributed by atoms with van der Waals surface area (Å²) in [5.74, 6) is 2.96. The van der Waals surface area contributed by atoms with Gasteiger partial charge in [0.1, 0.15) is 36.9 Å². The minimum absolute atomic E-state index is 0.165. The van der Waals surface area contributed by atoms with Crippen molar-refractivity contribution >= 4 is 5.76 Å². The third-order valence-electron chi connectivity index (χ3n) is 6.28. The second-order valence-corrected chi connectivity index (χ2v) is 8.33. The fourth-order valence-corrected chi connectivity index (χ4v) is 4.73. The van der Waals surface area contributed by atoms with E-state index in [2.05, 4.69) is 66.7 Å². The van der Waals surface area contributed by atoms with Crippen LogP contribution < -0.4 is 14.4 Å². The number of hydrogen-bond acceptors (Lipinski definition) is 3. The first-order valence-electron chi connectivity index (χ1n) is 11.5. The molecule has 1 fully saturated rings. The van der Waals surface area contributed by atoms with Gasteiger partial charge in [-0.15, -0.1) is 0 Å². The normalized spacial score (nSPS) is 18.7. The minimum atomic E-state index is 0.165. The Kier molecular flexibility index (Phi) is 6.24. The first-order valence-corrected chi connectivity index (χ1v) is 11.5. The quantitative estimate of drug-likeness (QED) is 0.646. The first-order chi connectivity index (χ1) is 15.8. The molecule has 0 bridgehead atoms. The van der Waals surface area contributed by atoms with Crippen molar-refractivity contribution in [2.75, 3.05) is 39.5 Å². The van der Waals surface area contributed by atoms with Gasteiger partial charge in [0.2, 0.25) is 0 Å². The van der Waals surface area contributed by atoms with Crippen LogP contribution in [-0.4, -0.2) is 39.5 Å². The van der Waals surface area contributed by atoms with E-state index in [-0.39, 0.29) is 5.92 Å². The molecule has 3 aromatic rings. The van der Waals surface area contributed by atoms with Gasteiger partial charge in [0.15, 0.2) is 0 Å². The minimum Gasteiger partial charge on any atom is -0.494 e. The average Bonchev–Trinajstić information content (AvgIpc) is 2.85. The van der Waals surface area contributed by atoms with Gasteiger partial charge in [0, 0.05) is 22.6 Å². The molecule has 0 aliphatic carbocycles. The van der Waals surface area contributed by atoms with Crippen molar-refractivity contribution in [3.05, 3.63) is 101 Å². The fraction of sp³-hybridized carbons (Fsp3) is 0.286. The molecule has 2 aliphatic rings. The Bertz CT molecular complexity index is 1070. The lowest BCUT2D eigenvalue weighted by molar-refractivity contribution is -0.903. The van der Waals surface area contributed by atoms with Gasteiger partial charge >= 0.3 is 0 Å². The summed E-state index contributed by atoms with van der Waals surface area (Å²) in [6.07, 6.45) is 0. The lowest BCUT2D eigenvalue weighted by Crippen LogP contribution is -3.14. The lowest BCUT2D eigenvalue weighted by atomic mass is 9.81. The van der Waals surface area contributed by atoms with E-state index in [4.69, 9.17) is 14.2 Å². The van der Waals surface area contributed by atoms with E-state index in [1.807, 2.05) is 19.1 Å². The number of nitrogens with one attached hydrogen (secondary N) is 1. The number of benzene rings is 3. The summed E-state index contributed by atoms with van der Waals surface area (Å²) in [6.45, 7) is 7.26. The number of morpholine rings is 1. The van der Waals surface area contributed by atoms with E-state index in [0.717, 1.165) is 55.7 Å². The van der Waals surface area contributed by atoms with Crippen molar-refractivity contribution < 1.29 is 19.1 Å². The third-order valence-corrected chi connectivity index (χ3v) is 6.28. The summed E-state index contributed by atoms with van der Waals surface area (Å²) >= 11 is 0. The number of para-hydroxylation sites is 1. The predicted molar refractivity (Wildman–Crippen MR) is 126 cm³/mol. The molecule has 2 aliphatic heterocycles. The molecule has 0 unspecified atom stereocenters. The van der Waals surface area contributed by atoms with Gasteiger partial charge in [-0.2, -0.15) is 0 Å². The highest BCUT2D eigenvalue weighted by atomic mass is 16.5. The molecule has 0 spiro atoms. The van der Waals surface area contributed by atoms with E-state index in [9.17, 15) is 0 Å². The van der Waals surface area contributed by atoms with Crippen molar-refractivity contribution in [3.63, 3.8) is 0 Å². The van der Waals surface area contributed by atoms with Crippen LogP contribution in [0, 0.1) is 0 Å². The van der Waals surface area contributed by atoms with Gasteiger partial charge in [-0.05, 0) is 42.8 Å². The number of hydrogen-bond donors (Lipinski definition) is 1. The van der Waals surface area contributed by atoms with Crippen LogP contribution >= 0.6 is 0 Å². The molecule has 0 radical (unpaired) electrons. The van der Waals surface area contributed by atoms with Crippen molar-refractivity contribution in [3.8, 4) is 11.5 Å². The SMILES string of the molecule is CCOc1ccc(C2=C(C[NH+]3CCOCC3)[C@@H](c3ccccc3)c3ccccc3O2)cc1. The molecular weight excluding hydrogens is 398 g/mol. The molecule has 0 saturated carbocycles. The average molecular weight is 429 g/mol. The Hall–Kier alpha value is -3.08. The zero-order chi connectivity index (χ0) is 21.8. The Labute approximate surface area is 190 Å². The largest absolute Gasteiger partial charge is 0.494 e. The highest BCUT2D eigenvalue weighted by Gasteiger charge is 2.34. The van der Waals surface area contributed by atoms with E-state index in [1.54, 1.807) is 4.90 Å². The molecular formula is C28H30NO3+. The van der Waals surface area contributed by atoms with Crippen molar-refractivity contribution in [2.24, 2.45) is 0 Å². The summed E-state index contributed by atoms with van der Waals surface area (Å²) in [5.41, 5.74) is 4.95. The van der Waals surface area contributed by atoms with Crippen molar-refractivity contribution in [2.45, 2.75) is 12.8 Å². The zero-order valence-corrected chi connectivity index (χ0v) is 18.6. The van der Waals surface area contributed by atoms with Crippen LogP contribution in [0.15, 0.2) is 84.4 Å². The number of ether oxygens (including phenoxy) is 3. The van der Waals surface area contributed by atoms with E-state index in [1.165, 1.54) is 16.7 Å². The monoisotopic (exact) mass is 428 g/mol. The van der Waals surface area contributed by atoms with Gasteiger partial charge in [-0.1, -0.05) is 48.5 Å². The van der Waals surface area contributed by atoms with Crippen LogP contribution in [0.1, 0.15) is 29.5 Å². The van der Waals surface area contributed by atoms with Crippen LogP contribution in [0.25, 0.3) is 5.76 Å². The summed E-state index contributed by atoms with van der Waals surface area (Å²) in [4.78, 5) is 1.54. The molecule has 3 aromatic carbocycles. The predicted octanol–water partition coefficient (Wildman–Crippen LogP) is 3.94. The summed E-state index contributed by atoms with van der Waals surface area (Å²) in [7, 11) is 0. The van der Waals surface area contributed by atoms with Gasteiger partial charge in [0.05, 0.1) is 19.8 Å². The van der Waals surface area contributed by atoms with Gasteiger partial charge in [0.25, 0.3) is 0 Å². The van der Waals surface area contributed by atoms with E-state index < -0.39 is 0 Å². The molecule has 164 valence electrons. The summed E-state index contributed by atoms with van der Waals surface area (Å²) in [6, 6.07) is 27.6. The number of rotatable bonds is 6. The molecule has 5 rings (SSSR count). The number of quaternary nitrogens is 1. The van der Waals surface area contributed by atoms with Crippen LogP contribution in [-0.2, 0) is 4.74 Å². The molecule has 2 heterocycles. The first kappa shape index (κ1) is 20.8. The van der Waals surface area contributed by atoms with Crippen molar-refractivity contribution in [1.82, 2.24) is 0 Å². The maximum absolute atomic E-state index is 6.62. The van der Waals surface area contributed by atoms with Crippen molar-refractivity contribution in [1.29, 1.82) is 0 Å². The van der Waals surface area contributed by atoms with Crippen LogP contribution in [0.2, 0.25) is 0 Å². The summed E-state index contributed by atoms with van der Waals surface area (Å²) in [5, 5.41) is 0. The molecule has 4 heteroatoms.